The van der Waals surface area contributed by atoms with Crippen molar-refractivity contribution in [1.82, 2.24) is 0 Å². The smallest absolute Gasteiger partial charge is 0.429 e. The van der Waals surface area contributed by atoms with Gasteiger partial charge in [-0.05, 0) is 23.4 Å². The average molecular weight is 356 g/mol. The first-order valence-corrected chi connectivity index (χ1v) is 7.91. The Kier molecular flexibility index (Phi) is 8.02. The molecule has 1 amide bonds. The molecule has 0 aliphatic rings. The zero-order valence-electron chi connectivity index (χ0n) is 14.0. The summed E-state index contributed by atoms with van der Waals surface area (Å²) in [5.41, 5.74) is 14.1. The van der Waals surface area contributed by atoms with Crippen LogP contribution >= 0.6 is 0 Å². The molecule has 2 aromatic carbocycles. The van der Waals surface area contributed by atoms with E-state index in [1.807, 2.05) is 31.2 Å². The Hall–Kier alpha value is -2.64. The lowest BCUT2D eigenvalue weighted by molar-refractivity contribution is -0.137. The van der Waals surface area contributed by atoms with Crippen molar-refractivity contribution in [3.63, 3.8) is 0 Å². The van der Waals surface area contributed by atoms with Gasteiger partial charge in [0.2, 0.25) is 5.91 Å². The van der Waals surface area contributed by atoms with Crippen LogP contribution < -0.4 is 22.4 Å². The maximum absolute atomic E-state index is 12.2. The second-order valence-corrected chi connectivity index (χ2v) is 5.90. The standard InChI is InChI=1S/C18H21BN2O4.CH4/c1-12-2-6-14(7-3-12)19(15-8-4-13(11-22)5-9-15)25-18(24)16(20)10-17(21)23;/h2-9,16,22H,10-11,20H2,1H3,(H2,21,23);1H4. The molecule has 0 saturated heterocycles. The third kappa shape index (κ3) is 5.72. The van der Waals surface area contributed by atoms with E-state index < -0.39 is 24.8 Å². The van der Waals surface area contributed by atoms with Gasteiger partial charge in [0.25, 0.3) is 0 Å². The highest BCUT2D eigenvalue weighted by Crippen LogP contribution is 2.03. The summed E-state index contributed by atoms with van der Waals surface area (Å²) in [5, 5.41) is 9.17. The van der Waals surface area contributed by atoms with E-state index in [9.17, 15) is 14.7 Å². The molecule has 138 valence electrons. The molecule has 0 saturated carbocycles. The number of primary amides is 1. The number of aryl methyl sites for hydroxylation is 1. The highest BCUT2D eigenvalue weighted by molar-refractivity contribution is 6.81. The number of rotatable bonds is 7. The summed E-state index contributed by atoms with van der Waals surface area (Å²) in [6.07, 6.45) is -0.275. The molecule has 0 aliphatic carbocycles. The van der Waals surface area contributed by atoms with Gasteiger partial charge in [-0.25, -0.2) is 0 Å². The van der Waals surface area contributed by atoms with Crippen molar-refractivity contribution in [3.8, 4) is 0 Å². The van der Waals surface area contributed by atoms with Gasteiger partial charge in [0, 0.05) is 0 Å². The van der Waals surface area contributed by atoms with Gasteiger partial charge in [-0.1, -0.05) is 61.5 Å². The van der Waals surface area contributed by atoms with E-state index in [2.05, 4.69) is 0 Å². The minimum absolute atomic E-state index is 0. The molecule has 0 bridgehead atoms. The Labute approximate surface area is 154 Å². The van der Waals surface area contributed by atoms with Gasteiger partial charge in [0.15, 0.2) is 0 Å². The van der Waals surface area contributed by atoms with Crippen LogP contribution in [0.2, 0.25) is 0 Å². The van der Waals surface area contributed by atoms with Gasteiger partial charge < -0.3 is 21.2 Å². The summed E-state index contributed by atoms with van der Waals surface area (Å²) in [6.45, 7) is 1.22. The Morgan fingerprint density at radius 2 is 1.58 bits per heavy atom. The van der Waals surface area contributed by atoms with E-state index >= 15 is 0 Å². The quantitative estimate of drug-likeness (QED) is 0.603. The summed E-state index contributed by atoms with van der Waals surface area (Å²) >= 11 is 0. The molecule has 26 heavy (non-hydrogen) atoms. The van der Waals surface area contributed by atoms with Crippen LogP contribution in [0.5, 0.6) is 0 Å². The number of carbonyl (C=O) groups excluding carboxylic acids is 2. The highest BCUT2D eigenvalue weighted by Gasteiger charge is 2.28. The summed E-state index contributed by atoms with van der Waals surface area (Å²) in [7, 11) is 0. The Balaban J connectivity index is 0.00000338. The first-order chi connectivity index (χ1) is 11.9. The Bertz CT molecular complexity index is 732. The molecular weight excluding hydrogens is 331 g/mol. The number of carbonyl (C=O) groups is 2. The zero-order chi connectivity index (χ0) is 18.4. The molecule has 0 aliphatic heterocycles. The summed E-state index contributed by atoms with van der Waals surface area (Å²) in [5.74, 6) is -1.36. The summed E-state index contributed by atoms with van der Waals surface area (Å²) in [6, 6.07) is 13.5. The maximum Gasteiger partial charge on any atom is 0.429 e. The van der Waals surface area contributed by atoms with E-state index in [4.69, 9.17) is 16.1 Å². The topological polar surface area (TPSA) is 116 Å². The molecule has 0 spiro atoms. The van der Waals surface area contributed by atoms with Crippen LogP contribution in [0.1, 0.15) is 25.0 Å². The lowest BCUT2D eigenvalue weighted by Crippen LogP contribution is -2.49. The Morgan fingerprint density at radius 3 is 2.04 bits per heavy atom. The van der Waals surface area contributed by atoms with Gasteiger partial charge in [0.05, 0.1) is 13.0 Å². The number of amides is 1. The predicted octanol–water partition coefficient (Wildman–Crippen LogP) is -0.0250. The molecule has 2 aromatic rings. The predicted molar refractivity (Wildman–Crippen MR) is 103 cm³/mol. The van der Waals surface area contributed by atoms with Crippen LogP contribution in [0.3, 0.4) is 0 Å². The van der Waals surface area contributed by atoms with Crippen LogP contribution in [-0.4, -0.2) is 29.9 Å². The third-order valence-corrected chi connectivity index (χ3v) is 3.80. The third-order valence-electron chi connectivity index (χ3n) is 3.80. The van der Waals surface area contributed by atoms with Crippen molar-refractivity contribution in [1.29, 1.82) is 0 Å². The minimum atomic E-state index is -1.11. The first kappa shape index (κ1) is 21.4. The monoisotopic (exact) mass is 356 g/mol. The number of nitrogens with two attached hydrogens (primary N) is 2. The molecular formula is C19H25BN2O4. The van der Waals surface area contributed by atoms with Gasteiger partial charge in [0.1, 0.15) is 6.04 Å². The molecule has 0 fully saturated rings. The fraction of sp³-hybridized carbons (Fsp3) is 0.263. The molecule has 2 rings (SSSR count). The fourth-order valence-electron chi connectivity index (χ4n) is 2.37. The van der Waals surface area contributed by atoms with E-state index in [1.54, 1.807) is 24.3 Å². The Morgan fingerprint density at radius 1 is 1.08 bits per heavy atom. The number of hydrogen-bond donors (Lipinski definition) is 3. The van der Waals surface area contributed by atoms with E-state index in [0.29, 0.717) is 0 Å². The van der Waals surface area contributed by atoms with Crippen LogP contribution in [0, 0.1) is 6.92 Å². The number of aliphatic hydroxyl groups excluding tert-OH is 1. The molecule has 7 heteroatoms. The van der Waals surface area contributed by atoms with Gasteiger partial charge in [-0.3, -0.25) is 9.59 Å². The first-order valence-electron chi connectivity index (χ1n) is 7.91. The molecule has 1 atom stereocenters. The number of benzene rings is 2. The van der Waals surface area contributed by atoms with E-state index in [1.165, 1.54) is 0 Å². The van der Waals surface area contributed by atoms with Gasteiger partial charge >= 0.3 is 12.9 Å². The highest BCUT2D eigenvalue weighted by atomic mass is 16.5. The lowest BCUT2D eigenvalue weighted by Gasteiger charge is -2.18. The van der Waals surface area contributed by atoms with E-state index in [0.717, 1.165) is 22.1 Å². The maximum atomic E-state index is 12.2. The van der Waals surface area contributed by atoms with Crippen LogP contribution in [0.25, 0.3) is 0 Å². The molecule has 6 nitrogen and oxygen atoms in total. The van der Waals surface area contributed by atoms with Crippen molar-refractivity contribution in [3.05, 3.63) is 59.7 Å². The largest absolute Gasteiger partial charge is 0.525 e. The normalized spacial score (nSPS) is 11.2. The van der Waals surface area contributed by atoms with E-state index in [-0.39, 0.29) is 20.5 Å². The molecule has 1 unspecified atom stereocenters. The summed E-state index contributed by atoms with van der Waals surface area (Å²) in [4.78, 5) is 23.2. The van der Waals surface area contributed by atoms with Crippen LogP contribution in [0.15, 0.2) is 48.5 Å². The molecule has 5 N–H and O–H groups in total. The second kappa shape index (κ2) is 9.75. The van der Waals surface area contributed by atoms with Crippen molar-refractivity contribution in [2.75, 3.05) is 0 Å². The lowest BCUT2D eigenvalue weighted by atomic mass is 9.55. The van der Waals surface area contributed by atoms with Crippen LogP contribution in [-0.2, 0) is 20.9 Å². The fourth-order valence-corrected chi connectivity index (χ4v) is 2.37. The number of aliphatic hydroxyl groups is 1. The van der Waals surface area contributed by atoms with Crippen molar-refractivity contribution < 1.29 is 19.3 Å². The zero-order valence-corrected chi connectivity index (χ0v) is 14.0. The SMILES string of the molecule is C.Cc1ccc(B(OC(=O)C(N)CC(N)=O)c2ccc(CO)cc2)cc1. The van der Waals surface area contributed by atoms with Crippen LogP contribution in [0.4, 0.5) is 0 Å². The number of hydrogen-bond acceptors (Lipinski definition) is 5. The van der Waals surface area contributed by atoms with Crippen molar-refractivity contribution >= 4 is 29.7 Å². The van der Waals surface area contributed by atoms with Gasteiger partial charge in [-0.2, -0.15) is 0 Å². The van der Waals surface area contributed by atoms with Gasteiger partial charge in [-0.15, -0.1) is 0 Å². The van der Waals surface area contributed by atoms with Crippen molar-refractivity contribution in [2.45, 2.75) is 33.4 Å². The van der Waals surface area contributed by atoms with Crippen molar-refractivity contribution in [2.24, 2.45) is 11.5 Å². The summed E-state index contributed by atoms with van der Waals surface area (Å²) < 4.78 is 5.56. The average Bonchev–Trinajstić information content (AvgIpc) is 2.60. The minimum Gasteiger partial charge on any atom is -0.525 e. The second-order valence-electron chi connectivity index (χ2n) is 5.90. The molecule has 0 heterocycles. The molecule has 0 radical (unpaired) electrons. The molecule has 0 aromatic heterocycles.